The van der Waals surface area contributed by atoms with Crippen LogP contribution in [-0.4, -0.2) is 34.1 Å². The molecule has 1 rings (SSSR count). The van der Waals surface area contributed by atoms with Crippen molar-refractivity contribution in [1.82, 2.24) is 0 Å². The van der Waals surface area contributed by atoms with Gasteiger partial charge < -0.3 is 18.4 Å². The molecular weight excluding hydrogens is 228 g/mol. The lowest BCUT2D eigenvalue weighted by Gasteiger charge is -2.23. The summed E-state index contributed by atoms with van der Waals surface area (Å²) in [6, 6.07) is 6.38. The first-order chi connectivity index (χ1) is 7.52. The average molecular weight is 242 g/mol. The molecule has 0 radical (unpaired) electrons. The smallest absolute Gasteiger partial charge is 0.500 e. The van der Waals surface area contributed by atoms with Crippen LogP contribution in [0.5, 0.6) is 5.75 Å². The van der Waals surface area contributed by atoms with E-state index in [9.17, 15) is 4.79 Å². The van der Waals surface area contributed by atoms with Crippen molar-refractivity contribution in [3.8, 4) is 5.75 Å². The van der Waals surface area contributed by atoms with Crippen molar-refractivity contribution >= 4 is 14.8 Å². The molecule has 1 aromatic carbocycles. The van der Waals surface area contributed by atoms with E-state index in [1.807, 2.05) is 0 Å². The van der Waals surface area contributed by atoms with Crippen LogP contribution in [0.15, 0.2) is 24.3 Å². The Bertz CT molecular complexity index is 375. The molecule has 0 aliphatic carbocycles. The molecule has 0 heterocycles. The van der Waals surface area contributed by atoms with E-state index in [0.29, 0.717) is 0 Å². The molecule has 1 N–H and O–H groups in total. The number of para-hydroxylation sites is 1. The molecule has 0 saturated carbocycles. The Kier molecular flexibility index (Phi) is 4.05. The van der Waals surface area contributed by atoms with E-state index >= 15 is 0 Å². The molecule has 0 bridgehead atoms. The van der Waals surface area contributed by atoms with Gasteiger partial charge in [0, 0.05) is 20.8 Å². The molecule has 16 heavy (non-hydrogen) atoms. The number of hydrogen-bond donors (Lipinski definition) is 1. The fourth-order valence-corrected chi connectivity index (χ4v) is 2.01. The van der Waals surface area contributed by atoms with Crippen LogP contribution in [0, 0.1) is 0 Å². The quantitative estimate of drug-likeness (QED) is 0.795. The molecule has 0 amide bonds. The Morgan fingerprint density at radius 2 is 1.81 bits per heavy atom. The summed E-state index contributed by atoms with van der Waals surface area (Å²) in [5.41, 5.74) is 0.0929. The fourth-order valence-electron chi connectivity index (χ4n) is 1.10. The van der Waals surface area contributed by atoms with Gasteiger partial charge in [-0.2, -0.15) is 0 Å². The molecule has 1 aromatic rings. The van der Waals surface area contributed by atoms with E-state index in [1.54, 1.807) is 24.7 Å². The summed E-state index contributed by atoms with van der Waals surface area (Å²) in [7, 11) is 0.164. The second-order valence-corrected chi connectivity index (χ2v) is 5.92. The highest BCUT2D eigenvalue weighted by Gasteiger charge is 2.35. The molecule has 0 spiro atoms. The molecule has 6 heteroatoms. The van der Waals surface area contributed by atoms with Gasteiger partial charge in [-0.05, 0) is 12.1 Å². The van der Waals surface area contributed by atoms with Crippen LogP contribution in [-0.2, 0) is 8.85 Å². The third-order valence-corrected chi connectivity index (χ3v) is 4.23. The van der Waals surface area contributed by atoms with Crippen molar-refractivity contribution in [3.63, 3.8) is 0 Å². The first-order valence-electron chi connectivity index (χ1n) is 4.64. The third kappa shape index (κ3) is 2.81. The SMILES string of the molecule is CO[Si](C)(OC)Oc1ccccc1C(=O)O. The fraction of sp³-hybridized carbons (Fsp3) is 0.300. The number of benzene rings is 1. The topological polar surface area (TPSA) is 65.0 Å². The van der Waals surface area contributed by atoms with Crippen molar-refractivity contribution in [1.29, 1.82) is 0 Å². The van der Waals surface area contributed by atoms with Crippen molar-refractivity contribution in [2.75, 3.05) is 14.2 Å². The normalized spacial score (nSPS) is 11.2. The number of rotatable bonds is 5. The number of carbonyl (C=O) groups is 1. The van der Waals surface area contributed by atoms with Crippen LogP contribution in [0.2, 0.25) is 6.55 Å². The molecule has 0 aliphatic rings. The van der Waals surface area contributed by atoms with Gasteiger partial charge in [-0.25, -0.2) is 4.79 Å². The first-order valence-corrected chi connectivity index (χ1v) is 6.86. The van der Waals surface area contributed by atoms with Crippen LogP contribution >= 0.6 is 0 Å². The van der Waals surface area contributed by atoms with Crippen LogP contribution in [0.25, 0.3) is 0 Å². The summed E-state index contributed by atoms with van der Waals surface area (Å²) in [5.74, 6) is -0.785. The third-order valence-electron chi connectivity index (χ3n) is 2.15. The summed E-state index contributed by atoms with van der Waals surface area (Å²) in [5, 5.41) is 8.96. The van der Waals surface area contributed by atoms with Crippen molar-refractivity contribution in [2.45, 2.75) is 6.55 Å². The lowest BCUT2D eigenvalue weighted by Crippen LogP contribution is -2.43. The first kappa shape index (κ1) is 12.7. The zero-order valence-electron chi connectivity index (χ0n) is 9.39. The molecular formula is C10H14O5Si. The highest BCUT2D eigenvalue weighted by molar-refractivity contribution is 6.59. The van der Waals surface area contributed by atoms with Gasteiger partial charge in [-0.1, -0.05) is 12.1 Å². The van der Waals surface area contributed by atoms with E-state index in [4.69, 9.17) is 18.4 Å². The zero-order valence-corrected chi connectivity index (χ0v) is 10.4. The molecule has 0 aromatic heterocycles. The van der Waals surface area contributed by atoms with Gasteiger partial charge in [0.05, 0.1) is 0 Å². The van der Waals surface area contributed by atoms with E-state index in [0.717, 1.165) is 0 Å². The van der Waals surface area contributed by atoms with Crippen LogP contribution in [0.3, 0.4) is 0 Å². The second-order valence-electron chi connectivity index (χ2n) is 3.17. The highest BCUT2D eigenvalue weighted by atomic mass is 28.4. The maximum absolute atomic E-state index is 10.9. The molecule has 5 nitrogen and oxygen atoms in total. The van der Waals surface area contributed by atoms with Gasteiger partial charge in [-0.15, -0.1) is 0 Å². The minimum absolute atomic E-state index is 0.0929. The van der Waals surface area contributed by atoms with Gasteiger partial charge in [0.15, 0.2) is 0 Å². The van der Waals surface area contributed by atoms with E-state index < -0.39 is 14.8 Å². The maximum Gasteiger partial charge on any atom is 0.562 e. The van der Waals surface area contributed by atoms with E-state index in [-0.39, 0.29) is 11.3 Å². The molecule has 0 atom stereocenters. The van der Waals surface area contributed by atoms with Crippen molar-refractivity contribution < 1.29 is 23.2 Å². The Labute approximate surface area is 94.9 Å². The van der Waals surface area contributed by atoms with Crippen LogP contribution in [0.4, 0.5) is 0 Å². The largest absolute Gasteiger partial charge is 0.562 e. The predicted octanol–water partition coefficient (Wildman–Crippen LogP) is 1.63. The van der Waals surface area contributed by atoms with Gasteiger partial charge in [0.2, 0.25) is 0 Å². The summed E-state index contributed by atoms with van der Waals surface area (Å²) < 4.78 is 15.8. The molecule has 0 aliphatic heterocycles. The Morgan fingerprint density at radius 1 is 1.25 bits per heavy atom. The second kappa shape index (κ2) is 5.11. The van der Waals surface area contributed by atoms with Crippen LogP contribution < -0.4 is 4.43 Å². The summed E-state index contributed by atoms with van der Waals surface area (Å²) in [4.78, 5) is 10.9. The molecule has 88 valence electrons. The van der Waals surface area contributed by atoms with Gasteiger partial charge in [0.25, 0.3) is 0 Å². The summed E-state index contributed by atoms with van der Waals surface area (Å²) >= 11 is 0. The molecule has 0 unspecified atom stereocenters. The minimum atomic E-state index is -2.78. The van der Waals surface area contributed by atoms with Crippen LogP contribution in [0.1, 0.15) is 10.4 Å². The van der Waals surface area contributed by atoms with Gasteiger partial charge in [-0.3, -0.25) is 0 Å². The number of carboxylic acids is 1. The Morgan fingerprint density at radius 3 is 2.31 bits per heavy atom. The number of carboxylic acid groups (broad SMARTS) is 1. The number of aromatic carboxylic acids is 1. The van der Waals surface area contributed by atoms with Crippen molar-refractivity contribution in [2.24, 2.45) is 0 Å². The van der Waals surface area contributed by atoms with Gasteiger partial charge >= 0.3 is 14.8 Å². The summed E-state index contributed by atoms with van der Waals surface area (Å²) in [6.07, 6.45) is 0. The van der Waals surface area contributed by atoms with Crippen molar-refractivity contribution in [3.05, 3.63) is 29.8 Å². The monoisotopic (exact) mass is 242 g/mol. The highest BCUT2D eigenvalue weighted by Crippen LogP contribution is 2.22. The lowest BCUT2D eigenvalue weighted by molar-refractivity contribution is 0.0693. The zero-order chi connectivity index (χ0) is 12.2. The minimum Gasteiger partial charge on any atom is -0.500 e. The van der Waals surface area contributed by atoms with E-state index in [1.165, 1.54) is 20.3 Å². The van der Waals surface area contributed by atoms with E-state index in [2.05, 4.69) is 0 Å². The summed E-state index contributed by atoms with van der Waals surface area (Å²) in [6.45, 7) is 1.69. The number of hydrogen-bond acceptors (Lipinski definition) is 4. The standard InChI is InChI=1S/C10H14O5Si/c1-13-16(3,14-2)15-9-7-5-4-6-8(9)10(11)12/h4-7H,1-3H3,(H,11,12). The Hall–Kier alpha value is -1.37. The Balaban J connectivity index is 3.01. The maximum atomic E-state index is 10.9. The lowest BCUT2D eigenvalue weighted by atomic mass is 10.2. The average Bonchev–Trinajstić information content (AvgIpc) is 2.29. The molecule has 0 fully saturated rings. The predicted molar refractivity (Wildman–Crippen MR) is 59.7 cm³/mol. The molecule has 0 saturated heterocycles. The van der Waals surface area contributed by atoms with Gasteiger partial charge in [0.1, 0.15) is 11.3 Å².